The molecule has 6 aromatic rings. The fraction of sp³-hybridized carbons (Fsp3) is 0.538. The van der Waals surface area contributed by atoms with Gasteiger partial charge in [-0.15, -0.1) is 0 Å². The van der Waals surface area contributed by atoms with E-state index in [0.717, 1.165) is 51.4 Å². The number of pyridine rings is 6. The van der Waals surface area contributed by atoms with Crippen LogP contribution in [0.1, 0.15) is 272 Å². The van der Waals surface area contributed by atoms with Gasteiger partial charge in [0.05, 0.1) is 0 Å². The molecule has 6 rings (SSSR count). The average Bonchev–Trinajstić information content (AvgIpc) is 3.39. The first-order valence-corrected chi connectivity index (χ1v) is 28.8. The predicted molar refractivity (Wildman–Crippen MR) is 392 cm³/mol. The van der Waals surface area contributed by atoms with Gasteiger partial charge in [0.15, 0.2) is 0 Å². The zero-order valence-electron chi connectivity index (χ0n) is 56.7. The molecule has 90 heavy (non-hydrogen) atoms. The summed E-state index contributed by atoms with van der Waals surface area (Å²) in [6.45, 7) is 26.7. The van der Waals surface area contributed by atoms with E-state index < -0.39 is 0 Å². The summed E-state index contributed by atoms with van der Waals surface area (Å²) in [5, 5.41) is 0. The number of hydrogen-bond acceptors (Lipinski definition) is 6. The summed E-state index contributed by atoms with van der Waals surface area (Å²) in [7, 11) is 0. The molecule has 0 saturated carbocycles. The van der Waals surface area contributed by atoms with Gasteiger partial charge in [-0.3, -0.25) is 29.9 Å². The van der Waals surface area contributed by atoms with Gasteiger partial charge in [-0.1, -0.05) is 229 Å². The first kappa shape index (κ1) is 137. The van der Waals surface area contributed by atoms with E-state index in [1.807, 2.05) is 55.4 Å². The molecule has 0 spiro atoms. The van der Waals surface area contributed by atoms with E-state index in [0.29, 0.717) is 0 Å². The van der Waals surface area contributed by atoms with E-state index in [-0.39, 0.29) is 223 Å². The van der Waals surface area contributed by atoms with Gasteiger partial charge in [-0.25, -0.2) is 0 Å². The van der Waals surface area contributed by atoms with Crippen LogP contribution in [0.15, 0.2) is 110 Å². The van der Waals surface area contributed by atoms with Crippen LogP contribution >= 0.6 is 0 Å². The third-order valence-corrected chi connectivity index (χ3v) is 11.8. The first-order valence-electron chi connectivity index (χ1n) is 28.8. The molecule has 0 unspecified atom stereocenters. The minimum atomic E-state index is 0. The summed E-state index contributed by atoms with van der Waals surface area (Å²) in [6.07, 6.45) is 41.6. The van der Waals surface area contributed by atoms with Crippen LogP contribution in [0.2, 0.25) is 0 Å². The third-order valence-electron chi connectivity index (χ3n) is 11.8. The Bertz CT molecular complexity index is 1940. The first-order chi connectivity index (χ1) is 35.2. The van der Waals surface area contributed by atoms with Crippen molar-refractivity contribution in [3.63, 3.8) is 0 Å². The van der Waals surface area contributed by atoms with Crippen molar-refractivity contribution in [2.24, 2.45) is 0 Å². The fourth-order valence-corrected chi connectivity index (χ4v) is 8.54. The Morgan fingerprint density at radius 3 is 0.956 bits per heavy atom. The number of rotatable bonds is 24. The smallest absolute Gasteiger partial charge is 0.0441 e. The summed E-state index contributed by atoms with van der Waals surface area (Å²) in [6, 6.07) is 22.9. The molecule has 0 N–H and O–H groups in total. The molecule has 0 bridgehead atoms. The maximum Gasteiger partial charge on any atom is 0.0441 e. The van der Waals surface area contributed by atoms with Crippen molar-refractivity contribution in [2.45, 2.75) is 282 Å². The topological polar surface area (TPSA) is 77.3 Å². The van der Waals surface area contributed by atoms with E-state index >= 15 is 0 Å². The maximum atomic E-state index is 5.13. The molecule has 0 aliphatic carbocycles. The molecular formula is C78H144N6Nb6-6. The van der Waals surface area contributed by atoms with Gasteiger partial charge in [0.2, 0.25) is 0 Å². The van der Waals surface area contributed by atoms with Crippen molar-refractivity contribution >= 4 is 0 Å². The fourth-order valence-electron chi connectivity index (χ4n) is 8.54. The van der Waals surface area contributed by atoms with Gasteiger partial charge in [0.25, 0.3) is 0 Å². The minimum Gasteiger partial charge on any atom is -0.358 e. The predicted octanol–water partition coefficient (Wildman–Crippen LogP) is 24.4. The van der Waals surface area contributed by atoms with Crippen LogP contribution in [-0.4, -0.2) is 29.9 Å². The molecule has 522 valence electrons. The zero-order valence-corrected chi connectivity index (χ0v) is 69.9. The number of hydrogen-bond donors (Lipinski definition) is 0. The van der Waals surface area contributed by atoms with E-state index in [1.54, 1.807) is 22.9 Å². The largest absolute Gasteiger partial charge is 0.358 e. The van der Waals surface area contributed by atoms with Crippen molar-refractivity contribution in [1.29, 1.82) is 0 Å². The average molecular weight is 1720 g/mol. The van der Waals surface area contributed by atoms with E-state index in [1.165, 1.54) is 153 Å². The van der Waals surface area contributed by atoms with Gasteiger partial charge in [0, 0.05) is 206 Å². The van der Waals surface area contributed by atoms with Crippen molar-refractivity contribution in [1.82, 2.24) is 29.9 Å². The van der Waals surface area contributed by atoms with Crippen molar-refractivity contribution < 1.29 is 134 Å². The normalized spacial score (nSPS) is 8.13. The summed E-state index contributed by atoms with van der Waals surface area (Å²) < 4.78 is 0. The number of aryl methyl sites for hydroxylation is 9. The third kappa shape index (κ3) is 66.0. The van der Waals surface area contributed by atoms with Crippen LogP contribution in [0.4, 0.5) is 0 Å². The summed E-state index contributed by atoms with van der Waals surface area (Å²) in [4.78, 5) is 26.0. The van der Waals surface area contributed by atoms with Crippen LogP contribution in [0.5, 0.6) is 0 Å². The quantitative estimate of drug-likeness (QED) is 0.0444. The molecule has 0 aliphatic rings. The Labute approximate surface area is 660 Å². The molecule has 6 aromatic heterocycles. The molecule has 6 radical (unpaired) electrons. The van der Waals surface area contributed by atoms with E-state index in [2.05, 4.69) is 157 Å². The second-order valence-electron chi connectivity index (χ2n) is 18.8. The molecule has 12 heteroatoms. The van der Waals surface area contributed by atoms with Crippen LogP contribution in [0.25, 0.3) is 0 Å². The van der Waals surface area contributed by atoms with Crippen LogP contribution in [0, 0.1) is 44.6 Å². The van der Waals surface area contributed by atoms with Gasteiger partial charge >= 0.3 is 0 Å². The molecule has 0 fully saturated rings. The standard InChI is InChI=1S/C20H35N.2C11H17N.3C8H11N.6CH4.6CH3.6Nb/c1-6-11-16-17(12-7-2)19(14-9-4)21-20(15-10-5)18(16)13-8-3;1-3-6-10-8-5-9-11(12-10)7-4-2;1-3-5-10-7-11(6-4-2)9-12-8-10;1-2-5-8-6-3-4-7-9-8;1-2-4-8-5-3-6-9-7-8;1-2-3-8-4-6-9-7-5-8;;;;;;;;;;;;;;;;;;/h6-15H2,1-5H3;5,8-9H,3-4,6-7H2,1-2H3;7-9H,3-6H2,1-2H3;3-4,6-7H,2,5H2,1H3;3,5-7H,2,4H2,1H3;4-7H,2-3H2,1H3;6*1H4;6*1H3;;;;;;/q;;;;;;;;;;;;6*-1;;;;;;. The van der Waals surface area contributed by atoms with Crippen molar-refractivity contribution in [2.75, 3.05) is 0 Å². The number of nitrogens with zero attached hydrogens (tertiary/aromatic N) is 6. The number of aromatic nitrogens is 6. The van der Waals surface area contributed by atoms with Crippen LogP contribution in [0.3, 0.4) is 0 Å². The molecule has 0 aliphatic heterocycles. The molecule has 6 heterocycles. The Balaban J connectivity index is -0.0000000425. The van der Waals surface area contributed by atoms with Crippen molar-refractivity contribution in [3.8, 4) is 0 Å². The summed E-state index contributed by atoms with van der Waals surface area (Å²) in [5.74, 6) is 0. The second kappa shape index (κ2) is 97.0. The van der Waals surface area contributed by atoms with Crippen LogP contribution in [-0.2, 0) is 211 Å². The monoisotopic (exact) mass is 1720 g/mol. The minimum absolute atomic E-state index is 0. The maximum absolute atomic E-state index is 5.13. The molecule has 0 atom stereocenters. The van der Waals surface area contributed by atoms with Gasteiger partial charge in [-0.05, 0) is 158 Å². The summed E-state index contributed by atoms with van der Waals surface area (Å²) in [5.41, 5.74) is 16.8. The van der Waals surface area contributed by atoms with E-state index in [4.69, 9.17) is 4.98 Å². The van der Waals surface area contributed by atoms with Gasteiger partial charge < -0.3 is 44.6 Å². The zero-order chi connectivity index (χ0) is 52.9. The second-order valence-corrected chi connectivity index (χ2v) is 18.8. The molecular weight excluding hydrogens is 1580 g/mol. The Morgan fingerprint density at radius 1 is 0.256 bits per heavy atom. The Hall–Kier alpha value is -0.658. The van der Waals surface area contributed by atoms with Gasteiger partial charge in [-0.2, -0.15) is 0 Å². The molecule has 0 saturated heterocycles. The van der Waals surface area contributed by atoms with Crippen molar-refractivity contribution in [3.05, 3.63) is 222 Å². The Kier molecular flexibility index (Phi) is 148. The summed E-state index contributed by atoms with van der Waals surface area (Å²) >= 11 is 0. The van der Waals surface area contributed by atoms with Crippen LogP contribution < -0.4 is 0 Å². The Morgan fingerprint density at radius 2 is 0.600 bits per heavy atom. The SMILES string of the molecule is C.C.C.C.C.C.CCCc1cccc(CCC)n1.CCCc1ccccn1.CCCc1cccnc1.CCCc1ccncc1.CCCc1cncc(CCC)c1.CCCc1nc(CCC)c(CCC)c(CCC)c1CCC.[CH3-].[CH3-].[CH3-].[CH3-].[CH3-].[CH3-].[Nb].[Nb].[Nb].[Nb].[Nb].[Nb]. The van der Waals surface area contributed by atoms with Gasteiger partial charge in [0.1, 0.15) is 0 Å². The van der Waals surface area contributed by atoms with E-state index in [9.17, 15) is 0 Å². The molecule has 6 nitrogen and oxygen atoms in total. The molecule has 0 aromatic carbocycles. The molecule has 0 amide bonds.